The second-order valence-electron chi connectivity index (χ2n) is 3.56. The lowest BCUT2D eigenvalue weighted by atomic mass is 10.1. The minimum absolute atomic E-state index is 0.0622. The Morgan fingerprint density at radius 2 is 2.17 bits per heavy atom. The fraction of sp³-hybridized carbons (Fsp3) is 0.182. The van der Waals surface area contributed by atoms with E-state index in [1.807, 2.05) is 0 Å². The number of benzene rings is 1. The van der Waals surface area contributed by atoms with E-state index in [1.54, 1.807) is 6.07 Å². The van der Waals surface area contributed by atoms with Crippen molar-refractivity contribution in [3.63, 3.8) is 0 Å². The summed E-state index contributed by atoms with van der Waals surface area (Å²) in [5, 5.41) is 23.6. The molecule has 0 saturated carbocycles. The molecule has 2 rings (SSSR count). The van der Waals surface area contributed by atoms with Gasteiger partial charge in [-0.05, 0) is 12.1 Å². The van der Waals surface area contributed by atoms with Crippen molar-refractivity contribution in [1.29, 1.82) is 0 Å². The number of halogens is 1. The van der Waals surface area contributed by atoms with E-state index in [-0.39, 0.29) is 30.1 Å². The largest absolute Gasteiger partial charge is 0.394 e. The standard InChI is InChI=1S/C11H10FN3O3/c12-9-4-2-1-3-8(9)11-10(15(17)18)7-13-14(11)5-6-16/h1-4,7,16H,5-6H2. The molecule has 6 nitrogen and oxygen atoms in total. The third-order valence-corrected chi connectivity index (χ3v) is 2.46. The van der Waals surface area contributed by atoms with E-state index in [1.165, 1.54) is 22.9 Å². The Kier molecular flexibility index (Phi) is 3.33. The predicted octanol–water partition coefficient (Wildman–Crippen LogP) is 1.59. The van der Waals surface area contributed by atoms with Crippen molar-refractivity contribution in [3.8, 4) is 11.3 Å². The Hall–Kier alpha value is -2.28. The Morgan fingerprint density at radius 3 is 2.78 bits per heavy atom. The lowest BCUT2D eigenvalue weighted by molar-refractivity contribution is -0.384. The van der Waals surface area contributed by atoms with Crippen LogP contribution in [0.5, 0.6) is 0 Å². The summed E-state index contributed by atoms with van der Waals surface area (Å²) in [7, 11) is 0. The third kappa shape index (κ3) is 2.07. The number of aliphatic hydroxyl groups excluding tert-OH is 1. The highest BCUT2D eigenvalue weighted by molar-refractivity contribution is 5.70. The lowest BCUT2D eigenvalue weighted by Gasteiger charge is -2.06. The van der Waals surface area contributed by atoms with Gasteiger partial charge in [0.2, 0.25) is 0 Å². The first-order valence-electron chi connectivity index (χ1n) is 5.21. The molecule has 0 bridgehead atoms. The molecule has 1 aromatic heterocycles. The van der Waals surface area contributed by atoms with Crippen molar-refractivity contribution in [2.24, 2.45) is 0 Å². The molecule has 0 atom stereocenters. The summed E-state index contributed by atoms with van der Waals surface area (Å²) in [6.07, 6.45) is 1.05. The molecular weight excluding hydrogens is 241 g/mol. The molecule has 1 N–H and O–H groups in total. The number of aromatic nitrogens is 2. The van der Waals surface area contributed by atoms with Crippen molar-refractivity contribution in [2.75, 3.05) is 6.61 Å². The number of hydrogen-bond donors (Lipinski definition) is 1. The number of rotatable bonds is 4. The molecule has 0 radical (unpaired) electrons. The molecule has 1 heterocycles. The first-order valence-corrected chi connectivity index (χ1v) is 5.21. The van der Waals surface area contributed by atoms with Crippen LogP contribution in [0.3, 0.4) is 0 Å². The van der Waals surface area contributed by atoms with E-state index in [0.29, 0.717) is 0 Å². The van der Waals surface area contributed by atoms with Crippen LogP contribution in [0.2, 0.25) is 0 Å². The zero-order chi connectivity index (χ0) is 13.1. The van der Waals surface area contributed by atoms with E-state index in [2.05, 4.69) is 5.10 Å². The maximum Gasteiger partial charge on any atom is 0.315 e. The summed E-state index contributed by atoms with van der Waals surface area (Å²) in [4.78, 5) is 10.3. The molecule has 7 heteroatoms. The van der Waals surface area contributed by atoms with Crippen molar-refractivity contribution in [3.05, 3.63) is 46.4 Å². The third-order valence-electron chi connectivity index (χ3n) is 2.46. The molecule has 0 aliphatic carbocycles. The van der Waals surface area contributed by atoms with Gasteiger partial charge in [-0.1, -0.05) is 12.1 Å². The van der Waals surface area contributed by atoms with Gasteiger partial charge in [-0.2, -0.15) is 5.10 Å². The molecular formula is C11H10FN3O3. The Bertz CT molecular complexity index is 583. The molecule has 2 aromatic rings. The zero-order valence-electron chi connectivity index (χ0n) is 9.28. The van der Waals surface area contributed by atoms with Crippen LogP contribution in [-0.2, 0) is 6.54 Å². The summed E-state index contributed by atoms with van der Waals surface area (Å²) < 4.78 is 14.9. The van der Waals surface area contributed by atoms with Crippen molar-refractivity contribution < 1.29 is 14.4 Å². The van der Waals surface area contributed by atoms with Crippen LogP contribution in [-0.4, -0.2) is 26.4 Å². The molecule has 0 spiro atoms. The molecule has 0 unspecified atom stereocenters. The van der Waals surface area contributed by atoms with Crippen LogP contribution in [0.1, 0.15) is 0 Å². The predicted molar refractivity (Wildman–Crippen MR) is 61.4 cm³/mol. The fourth-order valence-electron chi connectivity index (χ4n) is 1.70. The van der Waals surface area contributed by atoms with Gasteiger partial charge in [-0.15, -0.1) is 0 Å². The number of nitro groups is 1. The van der Waals surface area contributed by atoms with Crippen LogP contribution in [0, 0.1) is 15.9 Å². The molecule has 94 valence electrons. The Labute approximate surface area is 101 Å². The summed E-state index contributed by atoms with van der Waals surface area (Å²) in [5.74, 6) is -0.569. The van der Waals surface area contributed by atoms with Gasteiger partial charge in [0, 0.05) is 5.56 Å². The van der Waals surface area contributed by atoms with Gasteiger partial charge in [0.1, 0.15) is 17.7 Å². The zero-order valence-corrected chi connectivity index (χ0v) is 9.28. The smallest absolute Gasteiger partial charge is 0.315 e. The van der Waals surface area contributed by atoms with E-state index >= 15 is 0 Å². The maximum atomic E-state index is 13.7. The van der Waals surface area contributed by atoms with Gasteiger partial charge in [0.05, 0.1) is 18.1 Å². The monoisotopic (exact) mass is 251 g/mol. The first kappa shape index (κ1) is 12.2. The van der Waals surface area contributed by atoms with Crippen LogP contribution >= 0.6 is 0 Å². The second kappa shape index (κ2) is 4.92. The normalized spacial score (nSPS) is 10.6. The summed E-state index contributed by atoms with van der Waals surface area (Å²) in [6, 6.07) is 5.73. The summed E-state index contributed by atoms with van der Waals surface area (Å²) in [5.41, 5.74) is -0.129. The van der Waals surface area contributed by atoms with Crippen molar-refractivity contribution in [1.82, 2.24) is 9.78 Å². The van der Waals surface area contributed by atoms with Gasteiger partial charge < -0.3 is 5.11 Å². The molecule has 0 amide bonds. The number of nitrogens with zero attached hydrogens (tertiary/aromatic N) is 3. The highest BCUT2D eigenvalue weighted by Gasteiger charge is 2.23. The van der Waals surface area contributed by atoms with E-state index in [9.17, 15) is 14.5 Å². The summed E-state index contributed by atoms with van der Waals surface area (Å²) >= 11 is 0. The van der Waals surface area contributed by atoms with Crippen molar-refractivity contribution in [2.45, 2.75) is 6.54 Å². The Morgan fingerprint density at radius 1 is 1.44 bits per heavy atom. The van der Waals surface area contributed by atoms with Gasteiger partial charge in [0.25, 0.3) is 0 Å². The van der Waals surface area contributed by atoms with Crippen LogP contribution in [0.25, 0.3) is 11.3 Å². The summed E-state index contributed by atoms with van der Waals surface area (Å²) in [6.45, 7) is -0.169. The quantitative estimate of drug-likeness (QED) is 0.660. The average Bonchev–Trinajstić information content (AvgIpc) is 2.74. The molecule has 1 aromatic carbocycles. The topological polar surface area (TPSA) is 81.2 Å². The first-order chi connectivity index (χ1) is 8.65. The molecule has 0 fully saturated rings. The van der Waals surface area contributed by atoms with Gasteiger partial charge in [0.15, 0.2) is 0 Å². The number of hydrogen-bond acceptors (Lipinski definition) is 4. The average molecular weight is 251 g/mol. The number of aliphatic hydroxyl groups is 1. The van der Waals surface area contributed by atoms with E-state index in [0.717, 1.165) is 6.20 Å². The lowest BCUT2D eigenvalue weighted by Crippen LogP contribution is -2.07. The van der Waals surface area contributed by atoms with E-state index < -0.39 is 10.7 Å². The maximum absolute atomic E-state index is 13.7. The van der Waals surface area contributed by atoms with Gasteiger partial charge >= 0.3 is 5.69 Å². The van der Waals surface area contributed by atoms with Crippen molar-refractivity contribution >= 4 is 5.69 Å². The Balaban J connectivity index is 2.63. The SMILES string of the molecule is O=[N+]([O-])c1cnn(CCO)c1-c1ccccc1F. The van der Waals surface area contributed by atoms with Gasteiger partial charge in [-0.25, -0.2) is 4.39 Å². The molecule has 0 saturated heterocycles. The minimum Gasteiger partial charge on any atom is -0.394 e. The minimum atomic E-state index is -0.622. The second-order valence-corrected chi connectivity index (χ2v) is 3.56. The van der Waals surface area contributed by atoms with Crippen LogP contribution in [0.4, 0.5) is 10.1 Å². The highest BCUT2D eigenvalue weighted by Crippen LogP contribution is 2.31. The van der Waals surface area contributed by atoms with Crippen LogP contribution < -0.4 is 0 Å². The van der Waals surface area contributed by atoms with Crippen LogP contribution in [0.15, 0.2) is 30.5 Å². The highest BCUT2D eigenvalue weighted by atomic mass is 19.1. The molecule has 0 aliphatic rings. The molecule has 18 heavy (non-hydrogen) atoms. The molecule has 0 aliphatic heterocycles. The van der Waals surface area contributed by atoms with E-state index in [4.69, 9.17) is 5.11 Å². The van der Waals surface area contributed by atoms with Gasteiger partial charge in [-0.3, -0.25) is 14.8 Å². The fourth-order valence-corrected chi connectivity index (χ4v) is 1.70.